The summed E-state index contributed by atoms with van der Waals surface area (Å²) in [6, 6.07) is 16.0. The number of hydrogen-bond donors (Lipinski definition) is 2. The van der Waals surface area contributed by atoms with Gasteiger partial charge in [-0.2, -0.15) is 0 Å². The Morgan fingerprint density at radius 2 is 2.03 bits per heavy atom. The van der Waals surface area contributed by atoms with Gasteiger partial charge in [0.25, 0.3) is 5.91 Å². The molecule has 0 spiro atoms. The zero-order valence-corrected chi connectivity index (χ0v) is 17.4. The number of carbonyl (C=O) groups excluding carboxylic acids is 1. The molecular formula is C23H30N4O2. The third-order valence-corrected chi connectivity index (χ3v) is 5.09. The second-order valence-corrected chi connectivity index (χ2v) is 7.12. The first-order chi connectivity index (χ1) is 14.1. The molecule has 0 radical (unpaired) electrons. The van der Waals surface area contributed by atoms with Crippen molar-refractivity contribution in [1.82, 2.24) is 15.5 Å². The number of aliphatic imine (C=N–C) groups is 1. The van der Waals surface area contributed by atoms with E-state index < -0.39 is 0 Å². The van der Waals surface area contributed by atoms with Gasteiger partial charge in [-0.25, -0.2) is 0 Å². The van der Waals surface area contributed by atoms with Gasteiger partial charge in [0.15, 0.2) is 5.96 Å². The number of nitrogens with zero attached hydrogens (tertiary/aromatic N) is 2. The number of aryl methyl sites for hydroxylation is 1. The Kier molecular flexibility index (Phi) is 7.25. The molecule has 1 aliphatic rings. The summed E-state index contributed by atoms with van der Waals surface area (Å²) < 4.78 is 6.03. The second kappa shape index (κ2) is 10.1. The Morgan fingerprint density at radius 1 is 1.21 bits per heavy atom. The molecule has 6 nitrogen and oxygen atoms in total. The van der Waals surface area contributed by atoms with E-state index in [1.54, 1.807) is 7.05 Å². The molecule has 3 rings (SSSR count). The van der Waals surface area contributed by atoms with Crippen molar-refractivity contribution in [2.24, 2.45) is 4.99 Å². The molecule has 1 unspecified atom stereocenters. The van der Waals surface area contributed by atoms with Gasteiger partial charge >= 0.3 is 0 Å². The van der Waals surface area contributed by atoms with Gasteiger partial charge in [-0.05, 0) is 42.7 Å². The highest BCUT2D eigenvalue weighted by Crippen LogP contribution is 2.25. The fourth-order valence-electron chi connectivity index (χ4n) is 3.58. The molecule has 0 aromatic heterocycles. The van der Waals surface area contributed by atoms with Gasteiger partial charge in [0, 0.05) is 32.2 Å². The molecule has 2 aromatic rings. The van der Waals surface area contributed by atoms with Crippen LogP contribution in [-0.2, 0) is 11.3 Å². The van der Waals surface area contributed by atoms with E-state index >= 15 is 0 Å². The molecule has 154 valence electrons. The number of morpholine rings is 1. The Labute approximate surface area is 173 Å². The zero-order valence-electron chi connectivity index (χ0n) is 17.4. The normalized spacial score (nSPS) is 17.1. The van der Waals surface area contributed by atoms with Gasteiger partial charge < -0.3 is 20.3 Å². The van der Waals surface area contributed by atoms with Gasteiger partial charge in [-0.15, -0.1) is 0 Å². The summed E-state index contributed by atoms with van der Waals surface area (Å²) in [4.78, 5) is 18.8. The Hall–Kier alpha value is -2.86. The molecule has 0 aliphatic carbocycles. The molecule has 29 heavy (non-hydrogen) atoms. The number of carbonyl (C=O) groups is 1. The van der Waals surface area contributed by atoms with Gasteiger partial charge in [0.1, 0.15) is 6.10 Å². The van der Waals surface area contributed by atoms with E-state index in [1.165, 1.54) is 11.1 Å². The molecule has 2 N–H and O–H groups in total. The molecule has 1 atom stereocenters. The summed E-state index contributed by atoms with van der Waals surface area (Å²) in [7, 11) is 1.80. The minimum Gasteiger partial charge on any atom is -0.370 e. The van der Waals surface area contributed by atoms with Crippen LogP contribution in [-0.4, -0.2) is 50.1 Å². The van der Waals surface area contributed by atoms with E-state index in [0.29, 0.717) is 25.3 Å². The average molecular weight is 395 g/mol. The molecular weight excluding hydrogens is 364 g/mol. The zero-order chi connectivity index (χ0) is 20.6. The van der Waals surface area contributed by atoms with Crippen LogP contribution in [0.15, 0.2) is 53.5 Å². The number of amides is 1. The first kappa shape index (κ1) is 20.9. The molecule has 0 saturated carbocycles. The minimum absolute atomic E-state index is 0.0320. The van der Waals surface area contributed by atoms with E-state index in [2.05, 4.69) is 51.7 Å². The van der Waals surface area contributed by atoms with Crippen molar-refractivity contribution >= 4 is 11.9 Å². The summed E-state index contributed by atoms with van der Waals surface area (Å²) in [5, 5.41) is 6.27. The maximum atomic E-state index is 12.1. The van der Waals surface area contributed by atoms with Crippen LogP contribution < -0.4 is 10.6 Å². The first-order valence-corrected chi connectivity index (χ1v) is 10.1. The van der Waals surface area contributed by atoms with E-state index in [0.717, 1.165) is 24.6 Å². The van der Waals surface area contributed by atoms with E-state index in [4.69, 9.17) is 4.74 Å². The third kappa shape index (κ3) is 5.35. The molecule has 1 heterocycles. The monoisotopic (exact) mass is 394 g/mol. The molecule has 1 aliphatic heterocycles. The molecule has 1 fully saturated rings. The van der Waals surface area contributed by atoms with Crippen molar-refractivity contribution in [2.75, 3.05) is 33.3 Å². The summed E-state index contributed by atoms with van der Waals surface area (Å²) in [6.45, 7) is 7.46. The van der Waals surface area contributed by atoms with Crippen LogP contribution in [0.25, 0.3) is 0 Å². The van der Waals surface area contributed by atoms with Crippen LogP contribution in [0.5, 0.6) is 0 Å². The van der Waals surface area contributed by atoms with Crippen LogP contribution in [0.4, 0.5) is 0 Å². The molecule has 2 aromatic carbocycles. The Balaban J connectivity index is 1.64. The lowest BCUT2D eigenvalue weighted by Gasteiger charge is -2.35. The lowest BCUT2D eigenvalue weighted by atomic mass is 10.0. The number of guanidine groups is 1. The van der Waals surface area contributed by atoms with E-state index in [9.17, 15) is 4.79 Å². The van der Waals surface area contributed by atoms with Crippen molar-refractivity contribution in [3.05, 3.63) is 70.8 Å². The molecule has 1 saturated heterocycles. The van der Waals surface area contributed by atoms with Crippen molar-refractivity contribution in [3.8, 4) is 0 Å². The van der Waals surface area contributed by atoms with Crippen LogP contribution in [0, 0.1) is 6.92 Å². The minimum atomic E-state index is -0.0482. The lowest BCUT2D eigenvalue weighted by molar-refractivity contribution is -0.00834. The maximum Gasteiger partial charge on any atom is 0.251 e. The number of hydrogen-bond acceptors (Lipinski definition) is 3. The molecule has 0 bridgehead atoms. The fourth-order valence-corrected chi connectivity index (χ4v) is 3.58. The highest BCUT2D eigenvalue weighted by atomic mass is 16.5. The second-order valence-electron chi connectivity index (χ2n) is 7.12. The standard InChI is InChI=1S/C23H30N4O2/c1-4-25-22(28)19-10-7-9-18(14-19)15-26-23(24-3)27-12-13-29-21(16-27)20-11-6-5-8-17(20)2/h5-11,14,21H,4,12-13,15-16H2,1-3H3,(H,24,26)(H,25,28). The van der Waals surface area contributed by atoms with Crippen molar-refractivity contribution in [2.45, 2.75) is 26.5 Å². The number of nitrogens with one attached hydrogen (secondary N) is 2. The maximum absolute atomic E-state index is 12.1. The van der Waals surface area contributed by atoms with Crippen LogP contribution in [0.2, 0.25) is 0 Å². The predicted octanol–water partition coefficient (Wildman–Crippen LogP) is 2.89. The van der Waals surface area contributed by atoms with Gasteiger partial charge in [0.2, 0.25) is 0 Å². The van der Waals surface area contributed by atoms with Crippen LogP contribution in [0.3, 0.4) is 0 Å². The summed E-state index contributed by atoms with van der Waals surface area (Å²) in [5.41, 5.74) is 4.18. The highest BCUT2D eigenvalue weighted by molar-refractivity contribution is 5.94. The van der Waals surface area contributed by atoms with Crippen molar-refractivity contribution in [3.63, 3.8) is 0 Å². The van der Waals surface area contributed by atoms with Crippen molar-refractivity contribution in [1.29, 1.82) is 0 Å². The average Bonchev–Trinajstić information content (AvgIpc) is 2.75. The van der Waals surface area contributed by atoms with E-state index in [-0.39, 0.29) is 12.0 Å². The number of ether oxygens (including phenoxy) is 1. The van der Waals surface area contributed by atoms with Crippen molar-refractivity contribution < 1.29 is 9.53 Å². The first-order valence-electron chi connectivity index (χ1n) is 10.1. The fraction of sp³-hybridized carbons (Fsp3) is 0.391. The third-order valence-electron chi connectivity index (χ3n) is 5.09. The summed E-state index contributed by atoms with van der Waals surface area (Å²) >= 11 is 0. The quantitative estimate of drug-likeness (QED) is 0.605. The SMILES string of the molecule is CCNC(=O)c1cccc(CNC(=NC)N2CCOC(c3ccccc3C)C2)c1. The summed E-state index contributed by atoms with van der Waals surface area (Å²) in [5.74, 6) is 0.795. The Bertz CT molecular complexity index is 865. The van der Waals surface area contributed by atoms with Gasteiger partial charge in [-0.1, -0.05) is 36.4 Å². The topological polar surface area (TPSA) is 66.0 Å². The highest BCUT2D eigenvalue weighted by Gasteiger charge is 2.25. The Morgan fingerprint density at radius 3 is 2.79 bits per heavy atom. The lowest BCUT2D eigenvalue weighted by Crippen LogP contribution is -2.48. The number of benzene rings is 2. The van der Waals surface area contributed by atoms with Gasteiger partial charge in [-0.3, -0.25) is 9.79 Å². The largest absolute Gasteiger partial charge is 0.370 e. The van der Waals surface area contributed by atoms with Gasteiger partial charge in [0.05, 0.1) is 13.2 Å². The van der Waals surface area contributed by atoms with E-state index in [1.807, 2.05) is 31.2 Å². The number of rotatable bonds is 5. The summed E-state index contributed by atoms with van der Waals surface area (Å²) in [6.07, 6.45) is 0.0320. The van der Waals surface area contributed by atoms with Crippen LogP contribution >= 0.6 is 0 Å². The predicted molar refractivity (Wildman–Crippen MR) is 116 cm³/mol. The molecule has 6 heteroatoms. The van der Waals surface area contributed by atoms with Crippen LogP contribution in [0.1, 0.15) is 40.1 Å². The smallest absolute Gasteiger partial charge is 0.251 e. The molecule has 1 amide bonds.